The van der Waals surface area contributed by atoms with Crippen LogP contribution in [0.3, 0.4) is 0 Å². The third-order valence-corrected chi connectivity index (χ3v) is 4.63. The molecule has 0 aliphatic carbocycles. The molecule has 0 saturated carbocycles. The molecule has 1 N–H and O–H groups in total. The number of aromatic nitrogens is 2. The van der Waals surface area contributed by atoms with E-state index in [1.54, 1.807) is 23.7 Å². The van der Waals surface area contributed by atoms with Crippen LogP contribution in [-0.2, 0) is 17.1 Å². The predicted octanol–water partition coefficient (Wildman–Crippen LogP) is 2.64. The quantitative estimate of drug-likeness (QED) is 0.925. The molecule has 0 spiro atoms. The Balaban J connectivity index is 2.30. The van der Waals surface area contributed by atoms with Crippen molar-refractivity contribution in [3.63, 3.8) is 0 Å². The van der Waals surface area contributed by atoms with E-state index in [-0.39, 0.29) is 5.03 Å². The summed E-state index contributed by atoms with van der Waals surface area (Å²) in [5.74, 6) is 0. The van der Waals surface area contributed by atoms with Crippen molar-refractivity contribution in [2.45, 2.75) is 5.03 Å². The van der Waals surface area contributed by atoms with Crippen molar-refractivity contribution in [1.29, 1.82) is 0 Å². The molecule has 1 heterocycles. The summed E-state index contributed by atoms with van der Waals surface area (Å²) in [7, 11) is -1.98. The molecule has 0 radical (unpaired) electrons. The van der Waals surface area contributed by atoms with Crippen molar-refractivity contribution in [3.05, 3.63) is 40.2 Å². The fourth-order valence-corrected chi connectivity index (χ4v) is 2.75. The molecule has 0 bridgehead atoms. The van der Waals surface area contributed by atoms with E-state index >= 15 is 0 Å². The molecular weight excluding hydrogens is 342 g/mol. The van der Waals surface area contributed by atoms with E-state index in [0.29, 0.717) is 15.2 Å². The molecular formula is C10H9BrClN3O2S. The lowest BCUT2D eigenvalue weighted by Gasteiger charge is -2.06. The molecule has 0 atom stereocenters. The lowest BCUT2D eigenvalue weighted by atomic mass is 10.3. The van der Waals surface area contributed by atoms with Gasteiger partial charge in [-0.05, 0) is 34.1 Å². The summed E-state index contributed by atoms with van der Waals surface area (Å²) in [5.41, 5.74) is 0.383. The van der Waals surface area contributed by atoms with Crippen LogP contribution in [0.1, 0.15) is 0 Å². The van der Waals surface area contributed by atoms with Crippen molar-refractivity contribution in [1.82, 2.24) is 9.55 Å². The van der Waals surface area contributed by atoms with E-state index < -0.39 is 10.0 Å². The van der Waals surface area contributed by atoms with Crippen LogP contribution in [-0.4, -0.2) is 18.0 Å². The van der Waals surface area contributed by atoms with E-state index in [1.807, 2.05) is 0 Å². The van der Waals surface area contributed by atoms with E-state index in [9.17, 15) is 8.42 Å². The highest BCUT2D eigenvalue weighted by Gasteiger charge is 2.17. The number of aryl methyl sites for hydroxylation is 1. The number of nitrogens with one attached hydrogen (secondary N) is 1. The number of halogens is 2. The van der Waals surface area contributed by atoms with Gasteiger partial charge in [0.25, 0.3) is 10.0 Å². The largest absolute Gasteiger partial charge is 0.339 e. The first-order valence-electron chi connectivity index (χ1n) is 4.84. The summed E-state index contributed by atoms with van der Waals surface area (Å²) in [6.45, 7) is 0. The van der Waals surface area contributed by atoms with Crippen LogP contribution in [0.5, 0.6) is 0 Å². The van der Waals surface area contributed by atoms with Crippen molar-refractivity contribution in [2.24, 2.45) is 7.05 Å². The molecule has 96 valence electrons. The summed E-state index contributed by atoms with van der Waals surface area (Å²) in [5, 5.41) is 0.389. The zero-order valence-corrected chi connectivity index (χ0v) is 12.4. The molecule has 0 aliphatic heterocycles. The van der Waals surface area contributed by atoms with Crippen molar-refractivity contribution < 1.29 is 8.42 Å². The fraction of sp³-hybridized carbons (Fsp3) is 0.100. The maximum Gasteiger partial charge on any atom is 0.280 e. The van der Waals surface area contributed by atoms with E-state index in [4.69, 9.17) is 11.6 Å². The zero-order chi connectivity index (χ0) is 13.3. The highest BCUT2D eigenvalue weighted by atomic mass is 79.9. The van der Waals surface area contributed by atoms with Crippen LogP contribution in [0, 0.1) is 0 Å². The maximum atomic E-state index is 12.0. The Labute approximate surface area is 118 Å². The van der Waals surface area contributed by atoms with Gasteiger partial charge in [0.1, 0.15) is 0 Å². The Bertz CT molecular complexity index is 684. The van der Waals surface area contributed by atoms with Crippen LogP contribution in [0.2, 0.25) is 5.02 Å². The first-order chi connectivity index (χ1) is 8.38. The van der Waals surface area contributed by atoms with Gasteiger partial charge in [-0.1, -0.05) is 11.6 Å². The van der Waals surface area contributed by atoms with Gasteiger partial charge in [0.05, 0.1) is 17.0 Å². The first-order valence-corrected chi connectivity index (χ1v) is 7.50. The minimum Gasteiger partial charge on any atom is -0.339 e. The molecule has 2 aromatic rings. The second kappa shape index (κ2) is 4.91. The highest BCUT2D eigenvalue weighted by Crippen LogP contribution is 2.26. The second-order valence-corrected chi connectivity index (χ2v) is 6.50. The van der Waals surface area contributed by atoms with Gasteiger partial charge in [0, 0.05) is 17.7 Å². The lowest BCUT2D eigenvalue weighted by molar-refractivity contribution is 0.598. The summed E-state index contributed by atoms with van der Waals surface area (Å²) in [6.07, 6.45) is 2.84. The fourth-order valence-electron chi connectivity index (χ4n) is 1.29. The molecule has 1 aromatic carbocycles. The molecule has 8 heteroatoms. The number of nitrogens with zero attached hydrogens (tertiary/aromatic N) is 2. The van der Waals surface area contributed by atoms with Crippen LogP contribution in [0.15, 0.2) is 40.2 Å². The van der Waals surface area contributed by atoms with E-state index in [0.717, 1.165) is 0 Å². The second-order valence-electron chi connectivity index (χ2n) is 3.61. The Morgan fingerprint density at radius 3 is 2.72 bits per heavy atom. The average molecular weight is 351 g/mol. The van der Waals surface area contributed by atoms with Gasteiger partial charge in [-0.3, -0.25) is 4.72 Å². The van der Waals surface area contributed by atoms with Crippen LogP contribution >= 0.6 is 27.5 Å². The Morgan fingerprint density at radius 1 is 1.44 bits per heavy atom. The Morgan fingerprint density at radius 2 is 2.17 bits per heavy atom. The summed E-state index contributed by atoms with van der Waals surface area (Å²) >= 11 is 9.12. The third-order valence-electron chi connectivity index (χ3n) is 2.13. The number of benzene rings is 1. The summed E-state index contributed by atoms with van der Waals surface area (Å²) < 4.78 is 28.6. The molecule has 0 aliphatic rings. The van der Waals surface area contributed by atoms with Crippen LogP contribution in [0.4, 0.5) is 5.69 Å². The first kappa shape index (κ1) is 13.4. The number of rotatable bonds is 3. The highest BCUT2D eigenvalue weighted by molar-refractivity contribution is 9.10. The zero-order valence-electron chi connectivity index (χ0n) is 9.26. The molecule has 18 heavy (non-hydrogen) atoms. The smallest absolute Gasteiger partial charge is 0.280 e. The molecule has 1 aromatic heterocycles. The van der Waals surface area contributed by atoms with Gasteiger partial charge in [-0.15, -0.1) is 0 Å². The van der Waals surface area contributed by atoms with Gasteiger partial charge < -0.3 is 4.57 Å². The third kappa shape index (κ3) is 2.85. The van der Waals surface area contributed by atoms with Crippen LogP contribution < -0.4 is 4.72 Å². The SMILES string of the molecule is Cn1cnc(S(=O)(=O)Nc2ccc(Br)c(Cl)c2)c1. The molecule has 0 saturated heterocycles. The molecule has 5 nitrogen and oxygen atoms in total. The van der Waals surface area contributed by atoms with Crippen molar-refractivity contribution >= 4 is 43.2 Å². The minimum absolute atomic E-state index is 0.0379. The van der Waals surface area contributed by atoms with Gasteiger partial charge >= 0.3 is 0 Å². The summed E-state index contributed by atoms with van der Waals surface area (Å²) in [4.78, 5) is 3.79. The van der Waals surface area contributed by atoms with Crippen molar-refractivity contribution in [2.75, 3.05) is 4.72 Å². The standard InChI is InChI=1S/C10H9BrClN3O2S/c1-15-5-10(13-6-15)18(16,17)14-7-2-3-8(11)9(12)4-7/h2-6,14H,1H3. The molecule has 2 rings (SSSR count). The predicted molar refractivity (Wildman–Crippen MR) is 73.2 cm³/mol. The van der Waals surface area contributed by atoms with Gasteiger partial charge in [-0.2, -0.15) is 8.42 Å². The number of sulfonamides is 1. The van der Waals surface area contributed by atoms with E-state index in [1.165, 1.54) is 18.6 Å². The minimum atomic E-state index is -3.68. The van der Waals surface area contributed by atoms with Crippen LogP contribution in [0.25, 0.3) is 0 Å². The number of hydrogen-bond acceptors (Lipinski definition) is 3. The lowest BCUT2D eigenvalue weighted by Crippen LogP contribution is -2.13. The number of imidazole rings is 1. The Hall–Kier alpha value is -1.05. The topological polar surface area (TPSA) is 64.0 Å². The molecule has 0 amide bonds. The molecule has 0 fully saturated rings. The van der Waals surface area contributed by atoms with E-state index in [2.05, 4.69) is 25.6 Å². The summed E-state index contributed by atoms with van der Waals surface area (Å²) in [6, 6.07) is 4.79. The maximum absolute atomic E-state index is 12.0. The van der Waals surface area contributed by atoms with Gasteiger partial charge in [0.15, 0.2) is 5.03 Å². The van der Waals surface area contributed by atoms with Gasteiger partial charge in [0.2, 0.25) is 0 Å². The monoisotopic (exact) mass is 349 g/mol. The normalized spacial score (nSPS) is 11.5. The number of hydrogen-bond donors (Lipinski definition) is 1. The number of anilines is 1. The van der Waals surface area contributed by atoms with Crippen molar-refractivity contribution in [3.8, 4) is 0 Å². The van der Waals surface area contributed by atoms with Gasteiger partial charge in [-0.25, -0.2) is 4.98 Å². The average Bonchev–Trinajstić information content (AvgIpc) is 2.71. The molecule has 0 unspecified atom stereocenters. The Kier molecular flexibility index (Phi) is 3.65.